The molecule has 0 spiro atoms. The molecule has 0 aliphatic heterocycles. The van der Waals surface area contributed by atoms with Crippen LogP contribution in [-0.2, 0) is 0 Å². The topological polar surface area (TPSA) is 70.6 Å². The number of urea groups is 1. The summed E-state index contributed by atoms with van der Waals surface area (Å²) in [6, 6.07) is 4.69. The number of hydrogen-bond donors (Lipinski definition) is 3. The number of aliphatic hydroxyl groups is 1. The minimum atomic E-state index is -0.417. The molecule has 0 unspecified atom stereocenters. The molecule has 2 amide bonds. The van der Waals surface area contributed by atoms with Crippen LogP contribution in [-0.4, -0.2) is 30.4 Å². The number of aliphatic hydroxyl groups excluding tert-OH is 1. The number of anilines is 1. The average Bonchev–Trinajstić information content (AvgIpc) is 2.30. The Morgan fingerprint density at radius 1 is 1.50 bits per heavy atom. The standard InChI is InChI=1S/C12H17ClN2O3/c1-8(2)18-11-9(13)4-3-5-10(11)15-12(17)14-6-7-16/h3-5,8,16H,6-7H2,1-2H3,(H2,14,15,17). The lowest BCUT2D eigenvalue weighted by Crippen LogP contribution is -2.31. The Morgan fingerprint density at radius 2 is 2.22 bits per heavy atom. The molecule has 1 aromatic rings. The van der Waals surface area contributed by atoms with Crippen LogP contribution in [0.1, 0.15) is 13.8 Å². The Kier molecular flexibility index (Phi) is 5.74. The lowest BCUT2D eigenvalue weighted by atomic mass is 10.3. The summed E-state index contributed by atoms with van der Waals surface area (Å²) in [6.07, 6.45) is -0.0500. The number of ether oxygens (including phenoxy) is 1. The Morgan fingerprint density at radius 3 is 2.83 bits per heavy atom. The summed E-state index contributed by atoms with van der Waals surface area (Å²) in [5, 5.41) is 14.1. The fraction of sp³-hybridized carbons (Fsp3) is 0.417. The number of para-hydroxylation sites is 1. The lowest BCUT2D eigenvalue weighted by Gasteiger charge is -2.16. The molecule has 5 nitrogen and oxygen atoms in total. The van der Waals surface area contributed by atoms with Crippen molar-refractivity contribution in [2.45, 2.75) is 20.0 Å². The van der Waals surface area contributed by atoms with E-state index in [0.29, 0.717) is 16.5 Å². The number of amides is 2. The summed E-state index contributed by atoms with van der Waals surface area (Å²) >= 11 is 6.02. The molecule has 0 saturated heterocycles. The summed E-state index contributed by atoms with van der Waals surface area (Å²) in [5.74, 6) is 0.438. The number of hydrogen-bond acceptors (Lipinski definition) is 3. The van der Waals surface area contributed by atoms with Crippen molar-refractivity contribution in [2.75, 3.05) is 18.5 Å². The quantitative estimate of drug-likeness (QED) is 0.770. The van der Waals surface area contributed by atoms with E-state index < -0.39 is 6.03 Å². The number of carbonyl (C=O) groups is 1. The molecular formula is C12H17ClN2O3. The SMILES string of the molecule is CC(C)Oc1c(Cl)cccc1NC(=O)NCCO. The number of rotatable bonds is 5. The van der Waals surface area contributed by atoms with E-state index in [1.165, 1.54) is 0 Å². The van der Waals surface area contributed by atoms with E-state index in [9.17, 15) is 4.79 Å². The second-order valence-electron chi connectivity index (χ2n) is 3.89. The van der Waals surface area contributed by atoms with Gasteiger partial charge < -0.3 is 20.5 Å². The van der Waals surface area contributed by atoms with Gasteiger partial charge in [-0.2, -0.15) is 0 Å². The summed E-state index contributed by atoms with van der Waals surface area (Å²) in [6.45, 7) is 3.82. The molecule has 0 bridgehead atoms. The van der Waals surface area contributed by atoms with Crippen molar-refractivity contribution in [1.29, 1.82) is 0 Å². The highest BCUT2D eigenvalue weighted by molar-refractivity contribution is 6.32. The van der Waals surface area contributed by atoms with Crippen LogP contribution in [0.2, 0.25) is 5.02 Å². The van der Waals surface area contributed by atoms with Gasteiger partial charge in [-0.1, -0.05) is 17.7 Å². The van der Waals surface area contributed by atoms with Gasteiger partial charge in [-0.15, -0.1) is 0 Å². The van der Waals surface area contributed by atoms with Crippen molar-refractivity contribution in [3.8, 4) is 5.75 Å². The maximum absolute atomic E-state index is 11.5. The van der Waals surface area contributed by atoms with Crippen LogP contribution in [0.5, 0.6) is 5.75 Å². The van der Waals surface area contributed by atoms with E-state index in [0.717, 1.165) is 0 Å². The smallest absolute Gasteiger partial charge is 0.319 e. The van der Waals surface area contributed by atoms with Crippen molar-refractivity contribution in [3.05, 3.63) is 23.2 Å². The molecular weight excluding hydrogens is 256 g/mol. The van der Waals surface area contributed by atoms with Crippen molar-refractivity contribution in [1.82, 2.24) is 5.32 Å². The van der Waals surface area contributed by atoms with Gasteiger partial charge >= 0.3 is 6.03 Å². The van der Waals surface area contributed by atoms with Crippen molar-refractivity contribution in [3.63, 3.8) is 0 Å². The highest BCUT2D eigenvalue weighted by Gasteiger charge is 2.12. The van der Waals surface area contributed by atoms with E-state index in [4.69, 9.17) is 21.4 Å². The molecule has 0 fully saturated rings. The minimum absolute atomic E-state index is 0.0500. The second-order valence-corrected chi connectivity index (χ2v) is 4.29. The first-order chi connectivity index (χ1) is 8.54. The fourth-order valence-corrected chi connectivity index (χ4v) is 1.52. The Labute approximate surface area is 111 Å². The van der Waals surface area contributed by atoms with Crippen molar-refractivity contribution < 1.29 is 14.6 Å². The third-order valence-corrected chi connectivity index (χ3v) is 2.26. The molecule has 0 saturated carbocycles. The number of halogens is 1. The van der Waals surface area contributed by atoms with Crippen LogP contribution in [0.4, 0.5) is 10.5 Å². The van der Waals surface area contributed by atoms with Gasteiger partial charge in [0.1, 0.15) is 0 Å². The van der Waals surface area contributed by atoms with E-state index in [2.05, 4.69) is 10.6 Å². The molecule has 0 aromatic heterocycles. The highest BCUT2D eigenvalue weighted by Crippen LogP contribution is 2.33. The zero-order valence-electron chi connectivity index (χ0n) is 10.4. The monoisotopic (exact) mass is 272 g/mol. The molecule has 0 aliphatic rings. The summed E-state index contributed by atoms with van der Waals surface area (Å²) in [5.41, 5.74) is 0.492. The molecule has 0 radical (unpaired) electrons. The van der Waals surface area contributed by atoms with Crippen LogP contribution in [0.3, 0.4) is 0 Å². The van der Waals surface area contributed by atoms with Crippen LogP contribution in [0, 0.1) is 0 Å². The summed E-state index contributed by atoms with van der Waals surface area (Å²) in [7, 11) is 0. The second kappa shape index (κ2) is 7.08. The molecule has 0 heterocycles. The van der Waals surface area contributed by atoms with Gasteiger partial charge in [0.2, 0.25) is 0 Å². The zero-order chi connectivity index (χ0) is 13.5. The minimum Gasteiger partial charge on any atom is -0.487 e. The highest BCUT2D eigenvalue weighted by atomic mass is 35.5. The maximum atomic E-state index is 11.5. The van der Waals surface area contributed by atoms with Crippen LogP contribution >= 0.6 is 11.6 Å². The van der Waals surface area contributed by atoms with Gasteiger partial charge in [-0.25, -0.2) is 4.79 Å². The van der Waals surface area contributed by atoms with E-state index in [-0.39, 0.29) is 19.3 Å². The molecule has 0 aliphatic carbocycles. The summed E-state index contributed by atoms with van der Waals surface area (Å²) < 4.78 is 5.56. The zero-order valence-corrected chi connectivity index (χ0v) is 11.1. The van der Waals surface area contributed by atoms with Crippen LogP contribution in [0.25, 0.3) is 0 Å². The molecule has 0 atom stereocenters. The van der Waals surface area contributed by atoms with Crippen molar-refractivity contribution >= 4 is 23.3 Å². The predicted molar refractivity (Wildman–Crippen MR) is 71.3 cm³/mol. The van der Waals surface area contributed by atoms with Crippen LogP contribution in [0.15, 0.2) is 18.2 Å². The first kappa shape index (κ1) is 14.6. The maximum Gasteiger partial charge on any atom is 0.319 e. The van der Waals surface area contributed by atoms with E-state index in [1.807, 2.05) is 13.8 Å². The third-order valence-electron chi connectivity index (χ3n) is 1.97. The summed E-state index contributed by atoms with van der Waals surface area (Å²) in [4.78, 5) is 11.5. The van der Waals surface area contributed by atoms with Crippen molar-refractivity contribution in [2.24, 2.45) is 0 Å². The van der Waals surface area contributed by atoms with Gasteiger partial charge in [0, 0.05) is 6.54 Å². The molecule has 1 rings (SSSR count). The first-order valence-electron chi connectivity index (χ1n) is 5.65. The fourth-order valence-electron chi connectivity index (χ4n) is 1.30. The number of benzene rings is 1. The number of carbonyl (C=O) groups excluding carboxylic acids is 1. The normalized spacial score (nSPS) is 10.3. The van der Waals surface area contributed by atoms with Gasteiger partial charge in [0.25, 0.3) is 0 Å². The molecule has 6 heteroatoms. The largest absolute Gasteiger partial charge is 0.487 e. The number of nitrogens with one attached hydrogen (secondary N) is 2. The predicted octanol–water partition coefficient (Wildman–Crippen LogP) is 2.24. The van der Waals surface area contributed by atoms with Crippen LogP contribution < -0.4 is 15.4 Å². The van der Waals surface area contributed by atoms with E-state index >= 15 is 0 Å². The Balaban J connectivity index is 2.81. The third kappa shape index (κ3) is 4.43. The van der Waals surface area contributed by atoms with Gasteiger partial charge in [-0.05, 0) is 26.0 Å². The first-order valence-corrected chi connectivity index (χ1v) is 6.03. The molecule has 18 heavy (non-hydrogen) atoms. The Bertz CT molecular complexity index is 410. The average molecular weight is 273 g/mol. The molecule has 1 aromatic carbocycles. The van der Waals surface area contributed by atoms with Gasteiger partial charge in [0.15, 0.2) is 5.75 Å². The van der Waals surface area contributed by atoms with Gasteiger partial charge in [0.05, 0.1) is 23.4 Å². The van der Waals surface area contributed by atoms with Gasteiger partial charge in [-0.3, -0.25) is 0 Å². The lowest BCUT2D eigenvalue weighted by molar-refractivity contribution is 0.240. The Hall–Kier alpha value is -1.46. The molecule has 100 valence electrons. The van der Waals surface area contributed by atoms with E-state index in [1.54, 1.807) is 18.2 Å². The molecule has 3 N–H and O–H groups in total.